The summed E-state index contributed by atoms with van der Waals surface area (Å²) in [5.74, 6) is -0.0418. The number of carbonyl (C=O) groups is 2. The lowest BCUT2D eigenvalue weighted by Crippen LogP contribution is -2.31. The zero-order chi connectivity index (χ0) is 21.1. The van der Waals surface area contributed by atoms with Crippen molar-refractivity contribution in [1.29, 1.82) is 0 Å². The van der Waals surface area contributed by atoms with Crippen molar-refractivity contribution in [3.8, 4) is 5.69 Å². The largest absolute Gasteiger partial charge is 0.452 e. The van der Waals surface area contributed by atoms with E-state index in [0.29, 0.717) is 11.1 Å². The molecule has 4 aromatic rings. The van der Waals surface area contributed by atoms with Crippen LogP contribution in [0.15, 0.2) is 78.9 Å². The number of likely N-dealkylation sites (N-methyl/N-ethyl adjacent to an activating group) is 1. The van der Waals surface area contributed by atoms with Crippen LogP contribution in [0.4, 0.5) is 5.69 Å². The van der Waals surface area contributed by atoms with Gasteiger partial charge >= 0.3 is 5.97 Å². The molecule has 0 saturated heterocycles. The second-order valence-electron chi connectivity index (χ2n) is 6.90. The Labute approximate surface area is 174 Å². The highest BCUT2D eigenvalue weighted by Crippen LogP contribution is 2.22. The lowest BCUT2D eigenvalue weighted by atomic mass is 10.2. The topological polar surface area (TPSA) is 64.4 Å². The summed E-state index contributed by atoms with van der Waals surface area (Å²) in [6.45, 7) is 1.59. The molecule has 0 aliphatic rings. The minimum Gasteiger partial charge on any atom is -0.452 e. The zero-order valence-electron chi connectivity index (χ0n) is 16.8. The molecule has 0 unspecified atom stereocenters. The average molecular weight is 399 g/mol. The molecule has 0 aliphatic carbocycles. The number of ether oxygens (including phenoxy) is 1. The van der Waals surface area contributed by atoms with Gasteiger partial charge in [0.1, 0.15) is 5.82 Å². The summed E-state index contributed by atoms with van der Waals surface area (Å²) in [7, 11) is 1.65. The van der Waals surface area contributed by atoms with Crippen molar-refractivity contribution < 1.29 is 14.3 Å². The Morgan fingerprint density at radius 3 is 2.33 bits per heavy atom. The predicted octanol–water partition coefficient (Wildman–Crippen LogP) is 4.15. The molecule has 6 heteroatoms. The predicted molar refractivity (Wildman–Crippen MR) is 116 cm³/mol. The molecule has 4 rings (SSSR count). The van der Waals surface area contributed by atoms with E-state index in [9.17, 15) is 9.59 Å². The fourth-order valence-electron chi connectivity index (χ4n) is 3.33. The smallest absolute Gasteiger partial charge is 0.338 e. The first-order chi connectivity index (χ1) is 14.5. The van der Waals surface area contributed by atoms with Crippen molar-refractivity contribution in [1.82, 2.24) is 9.55 Å². The van der Waals surface area contributed by atoms with Gasteiger partial charge in [0.2, 0.25) is 0 Å². The Balaban J connectivity index is 1.50. The molecule has 150 valence electrons. The average Bonchev–Trinajstić information content (AvgIpc) is 3.12. The molecule has 0 aliphatic heterocycles. The molecule has 0 bridgehead atoms. The van der Waals surface area contributed by atoms with Crippen LogP contribution in [0, 0.1) is 6.92 Å². The third-order valence-corrected chi connectivity index (χ3v) is 4.92. The van der Waals surface area contributed by atoms with Gasteiger partial charge in [-0.3, -0.25) is 9.36 Å². The summed E-state index contributed by atoms with van der Waals surface area (Å²) >= 11 is 0. The molecule has 1 aromatic heterocycles. The molecule has 0 N–H and O–H groups in total. The van der Waals surface area contributed by atoms with Gasteiger partial charge in [-0.05, 0) is 49.4 Å². The molecule has 0 fully saturated rings. The van der Waals surface area contributed by atoms with E-state index < -0.39 is 5.97 Å². The second kappa shape index (κ2) is 8.21. The first-order valence-corrected chi connectivity index (χ1v) is 9.58. The van der Waals surface area contributed by atoms with Gasteiger partial charge in [-0.15, -0.1) is 0 Å². The van der Waals surface area contributed by atoms with Crippen molar-refractivity contribution in [2.75, 3.05) is 18.6 Å². The SMILES string of the molecule is Cc1nc2cc(C(=O)OCC(=O)N(C)c3ccccc3)ccc2n1-c1ccccc1. The van der Waals surface area contributed by atoms with Gasteiger partial charge in [0.25, 0.3) is 5.91 Å². The van der Waals surface area contributed by atoms with E-state index in [1.807, 2.05) is 78.2 Å². The summed E-state index contributed by atoms with van der Waals surface area (Å²) in [5.41, 5.74) is 3.69. The number of hydrogen-bond acceptors (Lipinski definition) is 4. The summed E-state index contributed by atoms with van der Waals surface area (Å²) < 4.78 is 7.27. The third-order valence-electron chi connectivity index (χ3n) is 4.92. The van der Waals surface area contributed by atoms with Crippen molar-refractivity contribution >= 4 is 28.6 Å². The number of nitrogens with zero attached hydrogens (tertiary/aromatic N) is 3. The van der Waals surface area contributed by atoms with Crippen molar-refractivity contribution in [3.05, 3.63) is 90.3 Å². The van der Waals surface area contributed by atoms with Crippen LogP contribution in [-0.4, -0.2) is 35.1 Å². The number of amides is 1. The van der Waals surface area contributed by atoms with Gasteiger partial charge in [0.05, 0.1) is 16.6 Å². The molecular formula is C24H21N3O3. The monoisotopic (exact) mass is 399 g/mol. The Morgan fingerprint density at radius 1 is 0.967 bits per heavy atom. The molecule has 0 atom stereocenters. The van der Waals surface area contributed by atoms with Crippen LogP contribution in [-0.2, 0) is 9.53 Å². The zero-order valence-corrected chi connectivity index (χ0v) is 16.8. The first kappa shape index (κ1) is 19.4. The quantitative estimate of drug-likeness (QED) is 0.473. The van der Waals surface area contributed by atoms with Gasteiger partial charge in [0.15, 0.2) is 6.61 Å². The highest BCUT2D eigenvalue weighted by Gasteiger charge is 2.16. The Kier molecular flexibility index (Phi) is 5.30. The Hall–Kier alpha value is -3.93. The highest BCUT2D eigenvalue weighted by atomic mass is 16.5. The molecular weight excluding hydrogens is 378 g/mol. The van der Waals surface area contributed by atoms with E-state index in [1.165, 1.54) is 4.90 Å². The van der Waals surface area contributed by atoms with Gasteiger partial charge < -0.3 is 9.64 Å². The molecule has 30 heavy (non-hydrogen) atoms. The van der Waals surface area contributed by atoms with E-state index in [2.05, 4.69) is 4.98 Å². The third kappa shape index (κ3) is 3.80. The van der Waals surface area contributed by atoms with Crippen LogP contribution in [0.2, 0.25) is 0 Å². The number of aryl methyl sites for hydroxylation is 1. The van der Waals surface area contributed by atoms with E-state index in [-0.39, 0.29) is 12.5 Å². The molecule has 3 aromatic carbocycles. The van der Waals surface area contributed by atoms with E-state index in [1.54, 1.807) is 19.2 Å². The van der Waals surface area contributed by atoms with E-state index in [0.717, 1.165) is 22.7 Å². The van der Waals surface area contributed by atoms with Crippen molar-refractivity contribution in [2.45, 2.75) is 6.92 Å². The number of aromatic nitrogens is 2. The summed E-state index contributed by atoms with van der Waals surface area (Å²) in [5, 5.41) is 0. The minimum atomic E-state index is -0.557. The molecule has 1 amide bonds. The maximum absolute atomic E-state index is 12.5. The normalized spacial score (nSPS) is 10.7. The number of imidazole rings is 1. The lowest BCUT2D eigenvalue weighted by molar-refractivity contribution is -0.121. The van der Waals surface area contributed by atoms with Crippen LogP contribution >= 0.6 is 0 Å². The fourth-order valence-corrected chi connectivity index (χ4v) is 3.33. The van der Waals surface area contributed by atoms with Crippen LogP contribution in [0.3, 0.4) is 0 Å². The second-order valence-corrected chi connectivity index (χ2v) is 6.90. The molecule has 1 heterocycles. The number of anilines is 1. The van der Waals surface area contributed by atoms with Crippen LogP contribution in [0.25, 0.3) is 16.7 Å². The number of esters is 1. The van der Waals surface area contributed by atoms with Crippen molar-refractivity contribution in [2.24, 2.45) is 0 Å². The number of fused-ring (bicyclic) bond motifs is 1. The fraction of sp³-hybridized carbons (Fsp3) is 0.125. The van der Waals surface area contributed by atoms with E-state index in [4.69, 9.17) is 4.74 Å². The Bertz CT molecular complexity index is 1200. The standard InChI is InChI=1S/C24H21N3O3/c1-17-25-21-15-18(13-14-22(21)27(17)20-11-7-4-8-12-20)24(29)30-16-23(28)26(2)19-9-5-3-6-10-19/h3-15H,16H2,1-2H3. The maximum atomic E-state index is 12.5. The molecule has 6 nitrogen and oxygen atoms in total. The Morgan fingerprint density at radius 2 is 1.63 bits per heavy atom. The van der Waals surface area contributed by atoms with Crippen LogP contribution in [0.5, 0.6) is 0 Å². The van der Waals surface area contributed by atoms with Crippen LogP contribution < -0.4 is 4.90 Å². The van der Waals surface area contributed by atoms with Gasteiger partial charge in [-0.2, -0.15) is 0 Å². The number of hydrogen-bond donors (Lipinski definition) is 0. The number of rotatable bonds is 5. The van der Waals surface area contributed by atoms with Gasteiger partial charge in [0, 0.05) is 18.4 Å². The maximum Gasteiger partial charge on any atom is 0.338 e. The number of para-hydroxylation sites is 2. The number of benzene rings is 3. The highest BCUT2D eigenvalue weighted by molar-refractivity contribution is 5.98. The van der Waals surface area contributed by atoms with Gasteiger partial charge in [-0.1, -0.05) is 36.4 Å². The van der Waals surface area contributed by atoms with Gasteiger partial charge in [-0.25, -0.2) is 9.78 Å². The molecule has 0 spiro atoms. The summed E-state index contributed by atoms with van der Waals surface area (Å²) in [6, 6.07) is 24.3. The van der Waals surface area contributed by atoms with Crippen LogP contribution in [0.1, 0.15) is 16.2 Å². The lowest BCUT2D eigenvalue weighted by Gasteiger charge is -2.17. The summed E-state index contributed by atoms with van der Waals surface area (Å²) in [6.07, 6.45) is 0. The number of carbonyl (C=O) groups excluding carboxylic acids is 2. The molecule has 0 radical (unpaired) electrons. The van der Waals surface area contributed by atoms with E-state index >= 15 is 0 Å². The minimum absolute atomic E-state index is 0.306. The van der Waals surface area contributed by atoms with Crippen molar-refractivity contribution in [3.63, 3.8) is 0 Å². The summed E-state index contributed by atoms with van der Waals surface area (Å²) in [4.78, 5) is 30.9. The molecule has 0 saturated carbocycles. The first-order valence-electron chi connectivity index (χ1n) is 9.58.